The third-order valence-electron chi connectivity index (χ3n) is 2.99. The molecule has 0 heterocycles. The standard InChI is InChI=1S/C14H20N2O/c1-4-16(10-9-15)12(2)11-13-5-7-14(17-3)8-6-13/h5-8,12H,4,10-11H2,1-3H3. The zero-order chi connectivity index (χ0) is 12.7. The highest BCUT2D eigenvalue weighted by atomic mass is 16.5. The maximum absolute atomic E-state index is 8.74. The third kappa shape index (κ3) is 4.08. The largest absolute Gasteiger partial charge is 0.497 e. The van der Waals surface area contributed by atoms with Crippen LogP contribution >= 0.6 is 0 Å². The lowest BCUT2D eigenvalue weighted by Gasteiger charge is -2.25. The summed E-state index contributed by atoms with van der Waals surface area (Å²) in [5, 5.41) is 8.74. The van der Waals surface area contributed by atoms with Crippen molar-refractivity contribution < 1.29 is 4.74 Å². The molecule has 0 bridgehead atoms. The van der Waals surface area contributed by atoms with Gasteiger partial charge in [-0.15, -0.1) is 0 Å². The molecule has 1 aromatic carbocycles. The quantitative estimate of drug-likeness (QED) is 0.707. The van der Waals surface area contributed by atoms with E-state index >= 15 is 0 Å². The Bertz CT molecular complexity index is 367. The minimum absolute atomic E-state index is 0.382. The Balaban J connectivity index is 2.60. The van der Waals surface area contributed by atoms with Gasteiger partial charge in [-0.2, -0.15) is 5.26 Å². The van der Waals surface area contributed by atoms with Crippen LogP contribution in [-0.4, -0.2) is 31.1 Å². The molecule has 0 aliphatic carbocycles. The Labute approximate surface area is 104 Å². The highest BCUT2D eigenvalue weighted by Gasteiger charge is 2.11. The molecule has 3 heteroatoms. The summed E-state index contributed by atoms with van der Waals surface area (Å²) < 4.78 is 5.13. The summed E-state index contributed by atoms with van der Waals surface area (Å²) in [6.07, 6.45) is 0.958. The van der Waals surface area contributed by atoms with E-state index in [4.69, 9.17) is 10.00 Å². The van der Waals surface area contributed by atoms with Crippen molar-refractivity contribution in [2.75, 3.05) is 20.2 Å². The van der Waals surface area contributed by atoms with Gasteiger partial charge < -0.3 is 4.74 Å². The Hall–Kier alpha value is -1.53. The molecular weight excluding hydrogens is 212 g/mol. The van der Waals surface area contributed by atoms with Crippen LogP contribution in [0.25, 0.3) is 0 Å². The highest BCUT2D eigenvalue weighted by molar-refractivity contribution is 5.27. The number of nitrogens with zero attached hydrogens (tertiary/aromatic N) is 2. The van der Waals surface area contributed by atoms with Gasteiger partial charge in [0.2, 0.25) is 0 Å². The van der Waals surface area contributed by atoms with Crippen molar-refractivity contribution in [3.8, 4) is 11.8 Å². The fourth-order valence-electron chi connectivity index (χ4n) is 1.90. The minimum Gasteiger partial charge on any atom is -0.497 e. The molecule has 0 aliphatic rings. The minimum atomic E-state index is 0.382. The molecule has 0 radical (unpaired) electrons. The van der Waals surface area contributed by atoms with Gasteiger partial charge >= 0.3 is 0 Å². The van der Waals surface area contributed by atoms with Crippen molar-refractivity contribution >= 4 is 0 Å². The molecule has 0 N–H and O–H groups in total. The van der Waals surface area contributed by atoms with E-state index < -0.39 is 0 Å². The second-order valence-electron chi connectivity index (χ2n) is 4.12. The van der Waals surface area contributed by atoms with E-state index in [9.17, 15) is 0 Å². The maximum Gasteiger partial charge on any atom is 0.118 e. The monoisotopic (exact) mass is 232 g/mol. The van der Waals surface area contributed by atoms with Crippen LogP contribution in [0.3, 0.4) is 0 Å². The van der Waals surface area contributed by atoms with Gasteiger partial charge in [0, 0.05) is 6.04 Å². The van der Waals surface area contributed by atoms with E-state index in [1.54, 1.807) is 7.11 Å². The van der Waals surface area contributed by atoms with Gasteiger partial charge in [-0.1, -0.05) is 19.1 Å². The predicted molar refractivity (Wildman–Crippen MR) is 69.0 cm³/mol. The Morgan fingerprint density at radius 3 is 2.47 bits per heavy atom. The molecule has 0 amide bonds. The van der Waals surface area contributed by atoms with Crippen LogP contribution in [0.2, 0.25) is 0 Å². The lowest BCUT2D eigenvalue weighted by molar-refractivity contribution is 0.245. The number of hydrogen-bond acceptors (Lipinski definition) is 3. The Morgan fingerprint density at radius 1 is 1.35 bits per heavy atom. The number of benzene rings is 1. The summed E-state index contributed by atoms with van der Waals surface area (Å²) in [6, 6.07) is 10.7. The average Bonchev–Trinajstić information content (AvgIpc) is 2.36. The summed E-state index contributed by atoms with van der Waals surface area (Å²) >= 11 is 0. The number of rotatable bonds is 6. The van der Waals surface area contributed by atoms with Crippen LogP contribution in [-0.2, 0) is 6.42 Å². The van der Waals surface area contributed by atoms with Crippen LogP contribution in [0.4, 0.5) is 0 Å². The number of methoxy groups -OCH3 is 1. The topological polar surface area (TPSA) is 36.3 Å². The van der Waals surface area contributed by atoms with E-state index in [0.29, 0.717) is 12.6 Å². The van der Waals surface area contributed by atoms with Crippen molar-refractivity contribution in [3.05, 3.63) is 29.8 Å². The smallest absolute Gasteiger partial charge is 0.118 e. The van der Waals surface area contributed by atoms with E-state index in [2.05, 4.69) is 36.9 Å². The SMILES string of the molecule is CCN(CC#N)C(C)Cc1ccc(OC)cc1. The van der Waals surface area contributed by atoms with Crippen LogP contribution in [0.1, 0.15) is 19.4 Å². The fourth-order valence-corrected chi connectivity index (χ4v) is 1.90. The van der Waals surface area contributed by atoms with Crippen molar-refractivity contribution in [3.63, 3.8) is 0 Å². The number of hydrogen-bond donors (Lipinski definition) is 0. The molecule has 3 nitrogen and oxygen atoms in total. The Kier molecular flexibility index (Phi) is 5.51. The molecule has 0 fully saturated rings. The molecule has 0 aliphatic heterocycles. The fraction of sp³-hybridized carbons (Fsp3) is 0.500. The first-order valence-corrected chi connectivity index (χ1v) is 5.95. The molecule has 1 unspecified atom stereocenters. The Morgan fingerprint density at radius 2 is 2.00 bits per heavy atom. The van der Waals surface area contributed by atoms with Gasteiger partial charge in [0.1, 0.15) is 5.75 Å². The first-order chi connectivity index (χ1) is 8.21. The molecule has 1 aromatic rings. The van der Waals surface area contributed by atoms with Gasteiger partial charge in [-0.25, -0.2) is 0 Å². The van der Waals surface area contributed by atoms with Crippen molar-refractivity contribution in [2.45, 2.75) is 26.3 Å². The van der Waals surface area contributed by atoms with Crippen LogP contribution < -0.4 is 4.74 Å². The average molecular weight is 232 g/mol. The lowest BCUT2D eigenvalue weighted by atomic mass is 10.1. The zero-order valence-corrected chi connectivity index (χ0v) is 10.8. The second kappa shape index (κ2) is 6.93. The molecular formula is C14H20N2O. The van der Waals surface area contributed by atoms with Gasteiger partial charge in [-0.05, 0) is 37.6 Å². The number of ether oxygens (including phenoxy) is 1. The molecule has 0 saturated carbocycles. The summed E-state index contributed by atoms with van der Waals surface area (Å²) in [7, 11) is 1.67. The summed E-state index contributed by atoms with van der Waals surface area (Å²) in [6.45, 7) is 5.64. The lowest BCUT2D eigenvalue weighted by Crippen LogP contribution is -2.34. The van der Waals surface area contributed by atoms with E-state index in [0.717, 1.165) is 18.7 Å². The van der Waals surface area contributed by atoms with Gasteiger partial charge in [-0.3, -0.25) is 4.90 Å². The molecule has 1 atom stereocenters. The van der Waals surface area contributed by atoms with Gasteiger partial charge in [0.05, 0.1) is 19.7 Å². The van der Waals surface area contributed by atoms with Gasteiger partial charge in [0.25, 0.3) is 0 Å². The highest BCUT2D eigenvalue weighted by Crippen LogP contribution is 2.14. The summed E-state index contributed by atoms with van der Waals surface area (Å²) in [4.78, 5) is 2.17. The first-order valence-electron chi connectivity index (χ1n) is 5.95. The zero-order valence-electron chi connectivity index (χ0n) is 10.8. The molecule has 0 spiro atoms. The molecule has 92 valence electrons. The number of likely N-dealkylation sites (N-methyl/N-ethyl adjacent to an activating group) is 1. The van der Waals surface area contributed by atoms with Crippen molar-refractivity contribution in [1.29, 1.82) is 5.26 Å². The molecule has 0 aromatic heterocycles. The molecule has 0 saturated heterocycles. The van der Waals surface area contributed by atoms with Gasteiger partial charge in [0.15, 0.2) is 0 Å². The van der Waals surface area contributed by atoms with E-state index in [1.165, 1.54) is 5.56 Å². The second-order valence-corrected chi connectivity index (χ2v) is 4.12. The number of nitriles is 1. The van der Waals surface area contributed by atoms with E-state index in [-0.39, 0.29) is 0 Å². The summed E-state index contributed by atoms with van der Waals surface area (Å²) in [5.41, 5.74) is 1.27. The van der Waals surface area contributed by atoms with Crippen LogP contribution in [0.15, 0.2) is 24.3 Å². The van der Waals surface area contributed by atoms with Crippen molar-refractivity contribution in [2.24, 2.45) is 0 Å². The van der Waals surface area contributed by atoms with Crippen LogP contribution in [0.5, 0.6) is 5.75 Å². The van der Waals surface area contributed by atoms with Crippen LogP contribution in [0, 0.1) is 11.3 Å². The summed E-state index contributed by atoms with van der Waals surface area (Å²) in [5.74, 6) is 0.880. The predicted octanol–water partition coefficient (Wildman–Crippen LogP) is 2.47. The van der Waals surface area contributed by atoms with Crippen molar-refractivity contribution in [1.82, 2.24) is 4.90 Å². The third-order valence-corrected chi connectivity index (χ3v) is 2.99. The van der Waals surface area contributed by atoms with E-state index in [1.807, 2.05) is 12.1 Å². The molecule has 1 rings (SSSR count). The normalized spacial score (nSPS) is 12.2. The molecule has 17 heavy (non-hydrogen) atoms. The first kappa shape index (κ1) is 13.5. The maximum atomic E-state index is 8.74.